The lowest BCUT2D eigenvalue weighted by Crippen LogP contribution is -2.48. The number of para-hydroxylation sites is 1. The molecule has 1 amide bonds. The number of oxazole rings is 1. The number of carbonyl (C=O) groups excluding carboxylic acids is 1. The Morgan fingerprint density at radius 2 is 2.04 bits per heavy atom. The summed E-state index contributed by atoms with van der Waals surface area (Å²) in [6, 6.07) is 5.45. The second kappa shape index (κ2) is 6.07. The average molecular weight is 332 g/mol. The van der Waals surface area contributed by atoms with E-state index in [-0.39, 0.29) is 12.5 Å². The fraction of sp³-hybridized carbons (Fsp3) is 0.529. The molecule has 0 N–H and O–H groups in total. The minimum Gasteiger partial charge on any atom is -0.481 e. The molecule has 0 aliphatic carbocycles. The van der Waals surface area contributed by atoms with Crippen LogP contribution >= 0.6 is 0 Å². The molecule has 2 saturated heterocycles. The lowest BCUT2D eigenvalue weighted by molar-refractivity contribution is -0.187. The summed E-state index contributed by atoms with van der Waals surface area (Å²) in [4.78, 5) is 18.5. The average Bonchev–Trinajstić information content (AvgIpc) is 3.19. The largest absolute Gasteiger partial charge is 0.481 e. The molecule has 0 saturated carbocycles. The van der Waals surface area contributed by atoms with Crippen molar-refractivity contribution in [3.8, 4) is 5.75 Å². The molecular weight excluding hydrogens is 312 g/mol. The number of ether oxygens (including phenoxy) is 3. The normalized spacial score (nSPS) is 20.0. The summed E-state index contributed by atoms with van der Waals surface area (Å²) < 4.78 is 22.5. The summed E-state index contributed by atoms with van der Waals surface area (Å²) in [5.74, 6) is 0.626. The number of nitrogens with zero attached hydrogens (tertiary/aromatic N) is 2. The number of aromatic nitrogens is 1. The summed E-state index contributed by atoms with van der Waals surface area (Å²) in [6.07, 6.45) is 1.41. The van der Waals surface area contributed by atoms with Crippen LogP contribution in [-0.2, 0) is 14.3 Å². The van der Waals surface area contributed by atoms with Crippen molar-refractivity contribution in [2.75, 3.05) is 32.9 Å². The number of piperidine rings is 1. The van der Waals surface area contributed by atoms with Crippen molar-refractivity contribution < 1.29 is 23.4 Å². The van der Waals surface area contributed by atoms with Crippen molar-refractivity contribution in [1.82, 2.24) is 9.88 Å². The van der Waals surface area contributed by atoms with Gasteiger partial charge in [0, 0.05) is 32.9 Å². The third-order valence-electron chi connectivity index (χ3n) is 4.53. The van der Waals surface area contributed by atoms with Gasteiger partial charge in [0.05, 0.1) is 13.2 Å². The number of hydrogen-bond donors (Lipinski definition) is 0. The zero-order chi connectivity index (χ0) is 16.6. The van der Waals surface area contributed by atoms with Crippen molar-refractivity contribution in [3.63, 3.8) is 0 Å². The van der Waals surface area contributed by atoms with Crippen molar-refractivity contribution >= 4 is 17.0 Å². The van der Waals surface area contributed by atoms with Gasteiger partial charge in [-0.1, -0.05) is 6.07 Å². The number of hydrogen-bond acceptors (Lipinski definition) is 6. The van der Waals surface area contributed by atoms with Crippen LogP contribution in [-0.4, -0.2) is 54.5 Å². The predicted molar refractivity (Wildman–Crippen MR) is 84.7 cm³/mol. The van der Waals surface area contributed by atoms with Gasteiger partial charge in [0.15, 0.2) is 29.4 Å². The first-order valence-electron chi connectivity index (χ1n) is 8.20. The van der Waals surface area contributed by atoms with E-state index in [0.29, 0.717) is 61.9 Å². The van der Waals surface area contributed by atoms with Gasteiger partial charge in [-0.2, -0.15) is 0 Å². The number of likely N-dealkylation sites (tertiary alicyclic amines) is 1. The molecular formula is C17H20N2O5. The molecule has 2 fully saturated rings. The molecule has 24 heavy (non-hydrogen) atoms. The molecule has 1 spiro atoms. The Bertz CT molecular complexity index is 741. The molecule has 2 aromatic rings. The molecule has 7 nitrogen and oxygen atoms in total. The van der Waals surface area contributed by atoms with Crippen LogP contribution < -0.4 is 4.74 Å². The molecule has 4 rings (SSSR count). The number of amides is 1. The number of aryl methyl sites for hydroxylation is 1. The molecule has 1 aromatic carbocycles. The first kappa shape index (κ1) is 15.4. The van der Waals surface area contributed by atoms with Crippen LogP contribution in [0.5, 0.6) is 5.75 Å². The van der Waals surface area contributed by atoms with Gasteiger partial charge < -0.3 is 23.5 Å². The minimum atomic E-state index is -0.471. The van der Waals surface area contributed by atoms with E-state index in [4.69, 9.17) is 18.6 Å². The van der Waals surface area contributed by atoms with Gasteiger partial charge in [-0.15, -0.1) is 0 Å². The van der Waals surface area contributed by atoms with Crippen molar-refractivity contribution in [2.45, 2.75) is 25.6 Å². The van der Waals surface area contributed by atoms with Crippen molar-refractivity contribution in [1.29, 1.82) is 0 Å². The highest BCUT2D eigenvalue weighted by atomic mass is 16.7. The second-order valence-corrected chi connectivity index (χ2v) is 6.11. The zero-order valence-corrected chi connectivity index (χ0v) is 13.6. The smallest absolute Gasteiger partial charge is 0.260 e. The molecule has 1 aromatic heterocycles. The first-order valence-corrected chi connectivity index (χ1v) is 8.20. The Morgan fingerprint density at radius 1 is 1.29 bits per heavy atom. The Hall–Kier alpha value is -2.12. The highest BCUT2D eigenvalue weighted by molar-refractivity contribution is 5.81. The van der Waals surface area contributed by atoms with Gasteiger partial charge in [0.2, 0.25) is 0 Å². The highest BCUT2D eigenvalue weighted by Crippen LogP contribution is 2.31. The van der Waals surface area contributed by atoms with E-state index in [9.17, 15) is 4.79 Å². The van der Waals surface area contributed by atoms with Gasteiger partial charge in [-0.3, -0.25) is 4.79 Å². The Kier molecular flexibility index (Phi) is 3.90. The number of benzene rings is 1. The molecule has 0 radical (unpaired) electrons. The third kappa shape index (κ3) is 2.85. The minimum absolute atomic E-state index is 0.0142. The summed E-state index contributed by atoms with van der Waals surface area (Å²) in [7, 11) is 0. The Balaban J connectivity index is 1.36. The molecule has 0 bridgehead atoms. The summed E-state index contributed by atoms with van der Waals surface area (Å²) in [6.45, 7) is 4.28. The lowest BCUT2D eigenvalue weighted by atomic mass is 10.0. The maximum atomic E-state index is 12.4. The SMILES string of the molecule is Cc1nc2c(OCC(=O)N3CCC4(CC3)OCCO4)cccc2o1. The summed E-state index contributed by atoms with van der Waals surface area (Å²) >= 11 is 0. The maximum Gasteiger partial charge on any atom is 0.260 e. The number of rotatable bonds is 3. The van der Waals surface area contributed by atoms with Gasteiger partial charge in [0.1, 0.15) is 5.75 Å². The van der Waals surface area contributed by atoms with Crippen LogP contribution in [0.4, 0.5) is 0 Å². The van der Waals surface area contributed by atoms with Gasteiger partial charge in [-0.25, -0.2) is 4.98 Å². The summed E-state index contributed by atoms with van der Waals surface area (Å²) in [5, 5.41) is 0. The molecule has 128 valence electrons. The van der Waals surface area contributed by atoms with Crippen LogP contribution in [0.25, 0.3) is 11.1 Å². The topological polar surface area (TPSA) is 74.0 Å². The fourth-order valence-electron chi connectivity index (χ4n) is 3.26. The van der Waals surface area contributed by atoms with E-state index in [0.717, 1.165) is 0 Å². The standard InChI is InChI=1S/C17H20N2O5/c1-12-18-16-13(3-2-4-14(16)24-12)21-11-15(20)19-7-5-17(6-8-19)22-9-10-23-17/h2-4H,5-11H2,1H3. The Morgan fingerprint density at radius 3 is 2.79 bits per heavy atom. The quantitative estimate of drug-likeness (QED) is 0.854. The zero-order valence-electron chi connectivity index (χ0n) is 13.6. The van der Waals surface area contributed by atoms with Gasteiger partial charge in [0.25, 0.3) is 5.91 Å². The van der Waals surface area contributed by atoms with Crippen LogP contribution in [0, 0.1) is 6.92 Å². The van der Waals surface area contributed by atoms with Crippen molar-refractivity contribution in [3.05, 3.63) is 24.1 Å². The number of carbonyl (C=O) groups is 1. The van der Waals surface area contributed by atoms with E-state index < -0.39 is 5.79 Å². The summed E-state index contributed by atoms with van der Waals surface area (Å²) in [5.41, 5.74) is 1.31. The highest BCUT2D eigenvalue weighted by Gasteiger charge is 2.40. The maximum absolute atomic E-state index is 12.4. The van der Waals surface area contributed by atoms with Crippen molar-refractivity contribution in [2.24, 2.45) is 0 Å². The van der Waals surface area contributed by atoms with Crippen LogP contribution in [0.2, 0.25) is 0 Å². The second-order valence-electron chi connectivity index (χ2n) is 6.11. The molecule has 0 unspecified atom stereocenters. The molecule has 3 heterocycles. The van der Waals surface area contributed by atoms with E-state index in [1.165, 1.54) is 0 Å². The van der Waals surface area contributed by atoms with Crippen LogP contribution in [0.1, 0.15) is 18.7 Å². The van der Waals surface area contributed by atoms with Crippen LogP contribution in [0.3, 0.4) is 0 Å². The monoisotopic (exact) mass is 332 g/mol. The fourth-order valence-corrected chi connectivity index (χ4v) is 3.26. The van der Waals surface area contributed by atoms with E-state index in [1.807, 2.05) is 12.1 Å². The van der Waals surface area contributed by atoms with Crippen LogP contribution in [0.15, 0.2) is 22.6 Å². The Labute approximate surface area is 139 Å². The van der Waals surface area contributed by atoms with E-state index in [1.54, 1.807) is 17.9 Å². The molecule has 0 atom stereocenters. The molecule has 2 aliphatic heterocycles. The lowest BCUT2D eigenvalue weighted by Gasteiger charge is -2.37. The van der Waals surface area contributed by atoms with E-state index >= 15 is 0 Å². The van der Waals surface area contributed by atoms with E-state index in [2.05, 4.69) is 4.98 Å². The predicted octanol–water partition coefficient (Wildman–Crippen LogP) is 1.88. The third-order valence-corrected chi connectivity index (χ3v) is 4.53. The van der Waals surface area contributed by atoms with Gasteiger partial charge >= 0.3 is 0 Å². The molecule has 7 heteroatoms. The van der Waals surface area contributed by atoms with Gasteiger partial charge in [-0.05, 0) is 12.1 Å². The molecule has 2 aliphatic rings. The first-order chi connectivity index (χ1) is 11.7. The number of fused-ring (bicyclic) bond motifs is 1.